The Kier molecular flexibility index (Phi) is 10.2. The number of guanidine groups is 1. The number of nitrogens with two attached hydrogens (primary N) is 3. The number of benzene rings is 2. The highest BCUT2D eigenvalue weighted by atomic mass is 35.5. The van der Waals surface area contributed by atoms with Crippen LogP contribution in [0.4, 0.5) is 0 Å². The fraction of sp³-hybridized carbons (Fsp3) is 0.400. The summed E-state index contributed by atoms with van der Waals surface area (Å²) in [4.78, 5) is 13.6. The van der Waals surface area contributed by atoms with Crippen LogP contribution in [0, 0.1) is 11.3 Å². The minimum atomic E-state index is -3.93. The maximum absolute atomic E-state index is 13.0. The molecule has 2 aromatic carbocycles. The standard InChI is InChI=1S/C20H28N6O3S.2ClH/c21-18(19(22)27)17(10-13-4-3-9-26(12-13)20(23)24)25-30(28,29)16-8-7-14-5-1-2-6-15(14)11-16;;/h1-2,5-8,11,13,17-18,25H,3-4,9-10,12,21H2,(H2,22,27)(H3,23,24);2*1H/t13-,17?,18?;;/m0../s1. The molecule has 12 heteroatoms. The van der Waals surface area contributed by atoms with Crippen LogP contribution >= 0.6 is 24.8 Å². The molecule has 8 N–H and O–H groups in total. The van der Waals surface area contributed by atoms with E-state index >= 15 is 0 Å². The van der Waals surface area contributed by atoms with Gasteiger partial charge in [0.05, 0.1) is 4.90 Å². The molecule has 0 aliphatic carbocycles. The van der Waals surface area contributed by atoms with E-state index in [1.165, 1.54) is 6.07 Å². The fourth-order valence-electron chi connectivity index (χ4n) is 3.90. The van der Waals surface area contributed by atoms with Gasteiger partial charge in [0, 0.05) is 19.1 Å². The SMILES string of the molecule is Cl.Cl.N=C(N)N1CCC[C@@H](CC(NS(=O)(=O)c2ccc3ccccc3c2)C(N)C(N)=O)C1. The normalized spacial score (nSPS) is 18.2. The number of fused-ring (bicyclic) bond motifs is 1. The predicted molar refractivity (Wildman–Crippen MR) is 131 cm³/mol. The number of nitrogens with zero attached hydrogens (tertiary/aromatic N) is 1. The van der Waals surface area contributed by atoms with E-state index in [2.05, 4.69) is 4.72 Å². The van der Waals surface area contributed by atoms with Gasteiger partial charge in [0.2, 0.25) is 15.9 Å². The van der Waals surface area contributed by atoms with Crippen LogP contribution in [0.15, 0.2) is 47.4 Å². The summed E-state index contributed by atoms with van der Waals surface area (Å²) < 4.78 is 28.7. The van der Waals surface area contributed by atoms with E-state index in [0.717, 1.165) is 23.6 Å². The number of piperidine rings is 1. The second-order valence-corrected chi connectivity index (χ2v) is 9.45. The first-order valence-electron chi connectivity index (χ1n) is 9.82. The van der Waals surface area contributed by atoms with Gasteiger partial charge in [-0.3, -0.25) is 10.2 Å². The molecule has 2 aromatic rings. The second-order valence-electron chi connectivity index (χ2n) is 7.74. The van der Waals surface area contributed by atoms with Crippen molar-refractivity contribution in [2.24, 2.45) is 23.1 Å². The van der Waals surface area contributed by atoms with Gasteiger partial charge in [-0.2, -0.15) is 0 Å². The fourth-order valence-corrected chi connectivity index (χ4v) is 5.21. The van der Waals surface area contributed by atoms with E-state index < -0.39 is 28.0 Å². The number of nitrogens with one attached hydrogen (secondary N) is 2. The molecular formula is C20H30Cl2N6O3S. The smallest absolute Gasteiger partial charge is 0.240 e. The summed E-state index contributed by atoms with van der Waals surface area (Å²) in [6.07, 6.45) is 1.96. The molecule has 9 nitrogen and oxygen atoms in total. The first kappa shape index (κ1) is 27.9. The Morgan fingerprint density at radius 3 is 2.44 bits per heavy atom. The van der Waals surface area contributed by atoms with Crippen LogP contribution in [-0.2, 0) is 14.8 Å². The average Bonchev–Trinajstić information content (AvgIpc) is 2.72. The Balaban J connectivity index is 0.00000256. The lowest BCUT2D eigenvalue weighted by molar-refractivity contribution is -0.119. The van der Waals surface area contributed by atoms with Crippen LogP contribution in [0.25, 0.3) is 10.8 Å². The molecule has 3 rings (SSSR count). The molecular weight excluding hydrogens is 475 g/mol. The number of likely N-dealkylation sites (tertiary alicyclic amines) is 1. The minimum absolute atomic E-state index is 0. The van der Waals surface area contributed by atoms with Crippen LogP contribution in [-0.4, -0.2) is 50.4 Å². The van der Waals surface area contributed by atoms with Gasteiger partial charge >= 0.3 is 0 Å². The molecule has 0 bridgehead atoms. The lowest BCUT2D eigenvalue weighted by Gasteiger charge is -2.35. The molecule has 32 heavy (non-hydrogen) atoms. The maximum Gasteiger partial charge on any atom is 0.240 e. The van der Waals surface area contributed by atoms with Crippen molar-refractivity contribution in [3.05, 3.63) is 42.5 Å². The zero-order valence-electron chi connectivity index (χ0n) is 17.4. The number of hydrogen-bond donors (Lipinski definition) is 5. The molecule has 1 heterocycles. The van der Waals surface area contributed by atoms with Crippen LogP contribution < -0.4 is 21.9 Å². The molecule has 1 saturated heterocycles. The monoisotopic (exact) mass is 504 g/mol. The highest BCUT2D eigenvalue weighted by Gasteiger charge is 2.32. The number of amides is 1. The first-order chi connectivity index (χ1) is 14.2. The molecule has 1 aliphatic rings. The Labute approximate surface area is 200 Å². The van der Waals surface area contributed by atoms with Crippen molar-refractivity contribution in [3.8, 4) is 0 Å². The third-order valence-electron chi connectivity index (χ3n) is 5.55. The third-order valence-corrected chi connectivity index (χ3v) is 7.03. The number of halogens is 2. The van der Waals surface area contributed by atoms with E-state index in [4.69, 9.17) is 22.6 Å². The van der Waals surface area contributed by atoms with E-state index in [0.29, 0.717) is 19.5 Å². The Bertz CT molecular complexity index is 1050. The molecule has 1 aliphatic heterocycles. The van der Waals surface area contributed by atoms with Crippen LogP contribution in [0.2, 0.25) is 0 Å². The lowest BCUT2D eigenvalue weighted by Crippen LogP contribution is -2.55. The van der Waals surface area contributed by atoms with E-state index in [-0.39, 0.29) is 41.6 Å². The van der Waals surface area contributed by atoms with Crippen LogP contribution in [0.1, 0.15) is 19.3 Å². The van der Waals surface area contributed by atoms with Crippen molar-refractivity contribution >= 4 is 57.5 Å². The van der Waals surface area contributed by atoms with Crippen molar-refractivity contribution in [2.75, 3.05) is 13.1 Å². The number of sulfonamides is 1. The van der Waals surface area contributed by atoms with Gasteiger partial charge in [0.15, 0.2) is 5.96 Å². The molecule has 0 saturated carbocycles. The molecule has 0 aromatic heterocycles. The highest BCUT2D eigenvalue weighted by Crippen LogP contribution is 2.24. The Hall–Kier alpha value is -2.11. The van der Waals surface area contributed by atoms with E-state index in [9.17, 15) is 13.2 Å². The largest absolute Gasteiger partial charge is 0.370 e. The summed E-state index contributed by atoms with van der Waals surface area (Å²) in [7, 11) is -3.93. The van der Waals surface area contributed by atoms with Gasteiger partial charge in [-0.1, -0.05) is 30.3 Å². The van der Waals surface area contributed by atoms with Gasteiger partial charge in [-0.25, -0.2) is 13.1 Å². The quantitative estimate of drug-likeness (QED) is 0.279. The Morgan fingerprint density at radius 1 is 1.16 bits per heavy atom. The summed E-state index contributed by atoms with van der Waals surface area (Å²) in [6, 6.07) is 10.3. The molecule has 1 fully saturated rings. The van der Waals surface area contributed by atoms with Gasteiger partial charge in [-0.05, 0) is 48.1 Å². The minimum Gasteiger partial charge on any atom is -0.370 e. The van der Waals surface area contributed by atoms with E-state index in [1.807, 2.05) is 24.3 Å². The molecule has 178 valence electrons. The van der Waals surface area contributed by atoms with Gasteiger partial charge < -0.3 is 22.1 Å². The maximum atomic E-state index is 13.0. The first-order valence-corrected chi connectivity index (χ1v) is 11.3. The third kappa shape index (κ3) is 6.69. The van der Waals surface area contributed by atoms with Crippen molar-refractivity contribution in [1.29, 1.82) is 5.41 Å². The predicted octanol–water partition coefficient (Wildman–Crippen LogP) is 1.14. The highest BCUT2D eigenvalue weighted by molar-refractivity contribution is 7.89. The van der Waals surface area contributed by atoms with Crippen molar-refractivity contribution in [2.45, 2.75) is 36.2 Å². The summed E-state index contributed by atoms with van der Waals surface area (Å²) in [5.41, 5.74) is 16.9. The molecule has 2 unspecified atom stereocenters. The number of rotatable bonds is 7. The van der Waals surface area contributed by atoms with Crippen molar-refractivity contribution < 1.29 is 13.2 Å². The number of carbonyl (C=O) groups is 1. The van der Waals surface area contributed by atoms with Crippen LogP contribution in [0.5, 0.6) is 0 Å². The summed E-state index contributed by atoms with van der Waals surface area (Å²) in [5, 5.41) is 9.35. The zero-order valence-corrected chi connectivity index (χ0v) is 19.9. The van der Waals surface area contributed by atoms with Gasteiger partial charge in [0.25, 0.3) is 0 Å². The van der Waals surface area contributed by atoms with Crippen molar-refractivity contribution in [1.82, 2.24) is 9.62 Å². The summed E-state index contributed by atoms with van der Waals surface area (Å²) in [5.74, 6) is -0.773. The number of primary amides is 1. The zero-order chi connectivity index (χ0) is 21.9. The number of carbonyl (C=O) groups excluding carboxylic acids is 1. The van der Waals surface area contributed by atoms with Gasteiger partial charge in [-0.15, -0.1) is 24.8 Å². The second kappa shape index (κ2) is 11.7. The van der Waals surface area contributed by atoms with E-state index in [1.54, 1.807) is 17.0 Å². The lowest BCUT2D eigenvalue weighted by atomic mass is 9.89. The van der Waals surface area contributed by atoms with Crippen LogP contribution in [0.3, 0.4) is 0 Å². The summed E-state index contributed by atoms with van der Waals surface area (Å²) in [6.45, 7) is 1.19. The molecule has 0 spiro atoms. The van der Waals surface area contributed by atoms with Crippen molar-refractivity contribution in [3.63, 3.8) is 0 Å². The summed E-state index contributed by atoms with van der Waals surface area (Å²) >= 11 is 0. The average molecular weight is 505 g/mol. The Morgan fingerprint density at radius 2 is 1.81 bits per heavy atom. The molecule has 0 radical (unpaired) electrons. The topological polar surface area (TPSA) is 168 Å². The number of hydrogen-bond acceptors (Lipinski definition) is 5. The molecule has 3 atom stereocenters. The molecule has 1 amide bonds. The van der Waals surface area contributed by atoms with Gasteiger partial charge in [0.1, 0.15) is 6.04 Å².